The van der Waals surface area contributed by atoms with Gasteiger partial charge in [0.25, 0.3) is 0 Å². The minimum Gasteiger partial charge on any atom is -0.126 e. The van der Waals surface area contributed by atoms with Crippen LogP contribution < -0.4 is 0 Å². The third kappa shape index (κ3) is 5.68. The summed E-state index contributed by atoms with van der Waals surface area (Å²) >= 11 is 1.95. The van der Waals surface area contributed by atoms with Crippen LogP contribution in [0.2, 0.25) is 0 Å². The van der Waals surface area contributed by atoms with Gasteiger partial charge in [-0.25, -0.2) is 0 Å². The van der Waals surface area contributed by atoms with Crippen molar-refractivity contribution in [2.45, 2.75) is 31.6 Å². The first-order chi connectivity index (χ1) is 7.33. The zero-order valence-electron chi connectivity index (χ0n) is 9.65. The van der Waals surface area contributed by atoms with E-state index in [4.69, 9.17) is 0 Å². The molecule has 0 bridgehead atoms. The Morgan fingerprint density at radius 2 is 1.93 bits per heavy atom. The monoisotopic (exact) mass is 220 g/mol. The lowest BCUT2D eigenvalue weighted by Gasteiger charge is -2.07. The van der Waals surface area contributed by atoms with Crippen LogP contribution in [0.15, 0.2) is 47.4 Å². The standard InChI is InChI=1S/C14H20S/c1-3-4-6-9-13(2)12-15-14-10-7-5-8-11-14/h4-8,10-11,13H,3,9,12H2,1-2H3/b6-4+. The molecule has 0 fully saturated rings. The lowest BCUT2D eigenvalue weighted by atomic mass is 10.1. The molecule has 0 aliphatic carbocycles. The quantitative estimate of drug-likeness (QED) is 0.491. The van der Waals surface area contributed by atoms with E-state index >= 15 is 0 Å². The van der Waals surface area contributed by atoms with Crippen molar-refractivity contribution in [1.82, 2.24) is 0 Å². The van der Waals surface area contributed by atoms with Gasteiger partial charge in [0, 0.05) is 10.6 Å². The Labute approximate surface area is 97.8 Å². The molecule has 0 heterocycles. The number of rotatable bonds is 6. The Hall–Kier alpha value is -0.690. The van der Waals surface area contributed by atoms with Gasteiger partial charge in [-0.1, -0.05) is 44.2 Å². The molecule has 82 valence electrons. The van der Waals surface area contributed by atoms with E-state index < -0.39 is 0 Å². The molecule has 0 aliphatic heterocycles. The highest BCUT2D eigenvalue weighted by molar-refractivity contribution is 7.99. The largest absolute Gasteiger partial charge is 0.126 e. The van der Waals surface area contributed by atoms with Gasteiger partial charge < -0.3 is 0 Å². The number of benzene rings is 1. The number of thioether (sulfide) groups is 1. The second-order valence-electron chi connectivity index (χ2n) is 3.84. The molecule has 0 saturated carbocycles. The third-order valence-corrected chi connectivity index (χ3v) is 3.56. The minimum absolute atomic E-state index is 0.762. The van der Waals surface area contributed by atoms with Crippen molar-refractivity contribution < 1.29 is 0 Å². The molecule has 0 spiro atoms. The summed E-state index contributed by atoms with van der Waals surface area (Å²) in [5.74, 6) is 1.97. The van der Waals surface area contributed by atoms with Gasteiger partial charge in [-0.3, -0.25) is 0 Å². The highest BCUT2D eigenvalue weighted by Gasteiger charge is 2.00. The molecule has 15 heavy (non-hydrogen) atoms. The van der Waals surface area contributed by atoms with Crippen molar-refractivity contribution in [1.29, 1.82) is 0 Å². The van der Waals surface area contributed by atoms with Crippen molar-refractivity contribution in [2.24, 2.45) is 5.92 Å². The fourth-order valence-electron chi connectivity index (χ4n) is 1.32. The van der Waals surface area contributed by atoms with E-state index in [-0.39, 0.29) is 0 Å². The molecule has 0 aromatic heterocycles. The Bertz CT molecular complexity index is 277. The number of hydrogen-bond donors (Lipinski definition) is 0. The fourth-order valence-corrected chi connectivity index (χ4v) is 2.28. The molecule has 1 atom stereocenters. The summed E-state index contributed by atoms with van der Waals surface area (Å²) in [5.41, 5.74) is 0. The molecule has 0 aliphatic rings. The van der Waals surface area contributed by atoms with Gasteiger partial charge in [-0.05, 0) is 30.9 Å². The molecule has 1 rings (SSSR count). The average molecular weight is 220 g/mol. The predicted molar refractivity (Wildman–Crippen MR) is 70.4 cm³/mol. The first-order valence-corrected chi connectivity index (χ1v) is 6.64. The summed E-state index contributed by atoms with van der Waals surface area (Å²) in [6.45, 7) is 4.50. The first-order valence-electron chi connectivity index (χ1n) is 5.65. The lowest BCUT2D eigenvalue weighted by Crippen LogP contribution is -1.95. The molecule has 1 aromatic rings. The van der Waals surface area contributed by atoms with E-state index in [0.717, 1.165) is 12.3 Å². The third-order valence-electron chi connectivity index (χ3n) is 2.22. The van der Waals surface area contributed by atoms with Crippen LogP contribution in [0.25, 0.3) is 0 Å². The number of hydrogen-bond acceptors (Lipinski definition) is 1. The van der Waals surface area contributed by atoms with Crippen molar-refractivity contribution in [3.8, 4) is 0 Å². The van der Waals surface area contributed by atoms with Crippen LogP contribution in [0.4, 0.5) is 0 Å². The normalized spacial score (nSPS) is 13.2. The molecule has 0 radical (unpaired) electrons. The first kappa shape index (κ1) is 12.4. The second kappa shape index (κ2) is 7.58. The summed E-state index contributed by atoms with van der Waals surface area (Å²) in [4.78, 5) is 1.38. The molecule has 1 aromatic carbocycles. The summed E-state index contributed by atoms with van der Waals surface area (Å²) in [7, 11) is 0. The Morgan fingerprint density at radius 1 is 1.20 bits per heavy atom. The molecule has 1 heteroatoms. The van der Waals surface area contributed by atoms with Gasteiger partial charge in [-0.15, -0.1) is 11.8 Å². The van der Waals surface area contributed by atoms with Crippen molar-refractivity contribution in [3.05, 3.63) is 42.5 Å². The average Bonchev–Trinajstić information content (AvgIpc) is 2.28. The van der Waals surface area contributed by atoms with Crippen LogP contribution in [-0.2, 0) is 0 Å². The predicted octanol–water partition coefficient (Wildman–Crippen LogP) is 4.77. The van der Waals surface area contributed by atoms with Crippen molar-refractivity contribution in [2.75, 3.05) is 5.75 Å². The number of allylic oxidation sites excluding steroid dienone is 2. The van der Waals surface area contributed by atoms with Gasteiger partial charge >= 0.3 is 0 Å². The SMILES string of the molecule is CC/C=C/CC(C)CSc1ccccc1. The zero-order chi connectivity index (χ0) is 10.9. The van der Waals surface area contributed by atoms with Crippen LogP contribution in [0, 0.1) is 5.92 Å². The Balaban J connectivity index is 2.22. The second-order valence-corrected chi connectivity index (χ2v) is 4.94. The maximum Gasteiger partial charge on any atom is 0.00720 e. The summed E-state index contributed by atoms with van der Waals surface area (Å²) < 4.78 is 0. The zero-order valence-corrected chi connectivity index (χ0v) is 10.5. The highest BCUT2D eigenvalue weighted by atomic mass is 32.2. The van der Waals surface area contributed by atoms with Crippen LogP contribution in [-0.4, -0.2) is 5.75 Å². The minimum atomic E-state index is 0.762. The molecular weight excluding hydrogens is 200 g/mol. The summed E-state index contributed by atoms with van der Waals surface area (Å²) in [5, 5.41) is 0. The van der Waals surface area contributed by atoms with E-state index in [2.05, 4.69) is 56.3 Å². The maximum absolute atomic E-state index is 2.32. The van der Waals surface area contributed by atoms with E-state index in [1.165, 1.54) is 17.1 Å². The van der Waals surface area contributed by atoms with Gasteiger partial charge in [0.05, 0.1) is 0 Å². The van der Waals surface area contributed by atoms with Gasteiger partial charge in [-0.2, -0.15) is 0 Å². The summed E-state index contributed by atoms with van der Waals surface area (Å²) in [6.07, 6.45) is 6.91. The smallest absolute Gasteiger partial charge is 0.00720 e. The molecule has 0 N–H and O–H groups in total. The highest BCUT2D eigenvalue weighted by Crippen LogP contribution is 2.21. The molecule has 0 amide bonds. The fraction of sp³-hybridized carbons (Fsp3) is 0.429. The Kier molecular flexibility index (Phi) is 6.26. The Morgan fingerprint density at radius 3 is 2.60 bits per heavy atom. The molecule has 0 nitrogen and oxygen atoms in total. The van der Waals surface area contributed by atoms with Crippen LogP contribution >= 0.6 is 11.8 Å². The van der Waals surface area contributed by atoms with E-state index in [9.17, 15) is 0 Å². The van der Waals surface area contributed by atoms with Crippen molar-refractivity contribution >= 4 is 11.8 Å². The van der Waals surface area contributed by atoms with E-state index in [1.807, 2.05) is 11.8 Å². The van der Waals surface area contributed by atoms with Crippen LogP contribution in [0.1, 0.15) is 26.7 Å². The van der Waals surface area contributed by atoms with Gasteiger partial charge in [0.15, 0.2) is 0 Å². The van der Waals surface area contributed by atoms with E-state index in [0.29, 0.717) is 0 Å². The van der Waals surface area contributed by atoms with Crippen molar-refractivity contribution in [3.63, 3.8) is 0 Å². The molecule has 0 saturated heterocycles. The summed E-state index contributed by atoms with van der Waals surface area (Å²) in [6, 6.07) is 10.6. The van der Waals surface area contributed by atoms with Crippen LogP contribution in [0.5, 0.6) is 0 Å². The topological polar surface area (TPSA) is 0 Å². The molecule has 1 unspecified atom stereocenters. The van der Waals surface area contributed by atoms with Crippen LogP contribution in [0.3, 0.4) is 0 Å². The van der Waals surface area contributed by atoms with E-state index in [1.54, 1.807) is 0 Å². The maximum atomic E-state index is 2.32. The van der Waals surface area contributed by atoms with Gasteiger partial charge in [0.2, 0.25) is 0 Å². The lowest BCUT2D eigenvalue weighted by molar-refractivity contribution is 0.674. The molecular formula is C14H20S. The van der Waals surface area contributed by atoms with Gasteiger partial charge in [0.1, 0.15) is 0 Å².